The summed E-state index contributed by atoms with van der Waals surface area (Å²) in [5, 5.41) is 9.40. The average Bonchev–Trinajstić information content (AvgIpc) is 3.37. The zero-order chi connectivity index (χ0) is 16.9. The molecule has 24 heavy (non-hydrogen) atoms. The van der Waals surface area contributed by atoms with Crippen molar-refractivity contribution in [2.24, 2.45) is 0 Å². The van der Waals surface area contributed by atoms with Gasteiger partial charge in [0.25, 0.3) is 0 Å². The second-order valence-corrected chi connectivity index (χ2v) is 6.72. The summed E-state index contributed by atoms with van der Waals surface area (Å²) in [6, 6.07) is 9.75. The molecule has 0 bridgehead atoms. The molecule has 0 N–H and O–H groups in total. The van der Waals surface area contributed by atoms with E-state index >= 15 is 0 Å². The smallest absolute Gasteiger partial charge is 0.237 e. The number of aromatic nitrogens is 3. The molecule has 0 aliphatic heterocycles. The molecule has 1 aliphatic rings. The van der Waals surface area contributed by atoms with Crippen LogP contribution in [0.5, 0.6) is 0 Å². The van der Waals surface area contributed by atoms with Gasteiger partial charge in [-0.3, -0.25) is 4.79 Å². The molecule has 0 radical (unpaired) electrons. The van der Waals surface area contributed by atoms with Crippen molar-refractivity contribution in [3.05, 3.63) is 48.8 Å². The van der Waals surface area contributed by atoms with Gasteiger partial charge in [-0.2, -0.15) is 0 Å². The van der Waals surface area contributed by atoms with Crippen LogP contribution >= 0.6 is 11.8 Å². The van der Waals surface area contributed by atoms with Crippen LogP contribution in [0.3, 0.4) is 0 Å². The lowest BCUT2D eigenvalue weighted by Crippen LogP contribution is -2.32. The van der Waals surface area contributed by atoms with Crippen molar-refractivity contribution in [1.82, 2.24) is 14.8 Å². The van der Waals surface area contributed by atoms with Gasteiger partial charge in [0.2, 0.25) is 5.91 Å². The third-order valence-electron chi connectivity index (χ3n) is 4.01. The van der Waals surface area contributed by atoms with E-state index < -0.39 is 0 Å². The monoisotopic (exact) mass is 342 g/mol. The lowest BCUT2D eigenvalue weighted by atomic mass is 10.3. The third-order valence-corrected chi connectivity index (χ3v) is 4.96. The molecule has 1 fully saturated rings. The normalized spacial score (nSPS) is 13.7. The van der Waals surface area contributed by atoms with Gasteiger partial charge in [0.15, 0.2) is 5.16 Å². The fourth-order valence-corrected chi connectivity index (χ4v) is 3.50. The number of carbonyl (C=O) groups is 1. The van der Waals surface area contributed by atoms with E-state index in [1.807, 2.05) is 43.3 Å². The third kappa shape index (κ3) is 3.70. The van der Waals surface area contributed by atoms with Crippen molar-refractivity contribution in [2.45, 2.75) is 37.4 Å². The second kappa shape index (κ2) is 7.66. The first-order valence-corrected chi connectivity index (χ1v) is 9.25. The summed E-state index contributed by atoms with van der Waals surface area (Å²) in [6.45, 7) is 7.14. The Morgan fingerprint density at radius 3 is 2.75 bits per heavy atom. The first-order chi connectivity index (χ1) is 11.7. The molecule has 1 heterocycles. The molecule has 6 heteroatoms. The molecule has 3 rings (SSSR count). The van der Waals surface area contributed by atoms with Gasteiger partial charge in [0.05, 0.1) is 5.75 Å². The van der Waals surface area contributed by atoms with E-state index in [0.717, 1.165) is 16.7 Å². The highest BCUT2D eigenvalue weighted by molar-refractivity contribution is 7.99. The molecule has 1 aromatic heterocycles. The first kappa shape index (κ1) is 16.8. The van der Waals surface area contributed by atoms with Crippen LogP contribution < -0.4 is 4.90 Å². The number of amides is 1. The molecular weight excluding hydrogens is 320 g/mol. The number of nitrogens with zero attached hydrogens (tertiary/aromatic N) is 4. The summed E-state index contributed by atoms with van der Waals surface area (Å²) >= 11 is 1.45. The van der Waals surface area contributed by atoms with Gasteiger partial charge in [-0.1, -0.05) is 36.0 Å². The lowest BCUT2D eigenvalue weighted by Gasteiger charge is -2.20. The van der Waals surface area contributed by atoms with Gasteiger partial charge in [0.1, 0.15) is 5.82 Å². The predicted octanol–water partition coefficient (Wildman–Crippen LogP) is 3.49. The molecular formula is C18H22N4OS. The van der Waals surface area contributed by atoms with Crippen molar-refractivity contribution in [3.63, 3.8) is 0 Å². The van der Waals surface area contributed by atoms with Crippen molar-refractivity contribution in [3.8, 4) is 0 Å². The van der Waals surface area contributed by atoms with Crippen LogP contribution in [0.15, 0.2) is 48.1 Å². The molecule has 1 saturated carbocycles. The fraction of sp³-hybridized carbons (Fsp3) is 0.389. The summed E-state index contributed by atoms with van der Waals surface area (Å²) in [5.41, 5.74) is 0.928. The Labute approximate surface area is 146 Å². The quantitative estimate of drug-likeness (QED) is 0.544. The molecule has 2 aromatic rings. The van der Waals surface area contributed by atoms with Gasteiger partial charge >= 0.3 is 0 Å². The van der Waals surface area contributed by atoms with Crippen LogP contribution in [-0.4, -0.2) is 33.0 Å². The standard InChI is InChI=1S/C18H22N4OS/c1-3-12-22-17(14-10-11-14)19-20-18(22)24-13-16(23)21(4-2)15-8-6-5-7-9-15/h3,5-9,14H,1,4,10-13H2,2H3. The molecule has 5 nitrogen and oxygen atoms in total. The van der Waals surface area contributed by atoms with Crippen LogP contribution in [-0.2, 0) is 11.3 Å². The molecule has 1 amide bonds. The minimum atomic E-state index is 0.0785. The highest BCUT2D eigenvalue weighted by Crippen LogP contribution is 2.40. The van der Waals surface area contributed by atoms with Gasteiger partial charge in [0, 0.05) is 24.7 Å². The minimum absolute atomic E-state index is 0.0785. The molecule has 0 spiro atoms. The van der Waals surface area contributed by atoms with Gasteiger partial charge in [-0.25, -0.2) is 0 Å². The van der Waals surface area contributed by atoms with Crippen LogP contribution in [0.25, 0.3) is 0 Å². The molecule has 0 saturated heterocycles. The van der Waals surface area contributed by atoms with E-state index in [2.05, 4.69) is 21.3 Å². The summed E-state index contributed by atoms with van der Waals surface area (Å²) in [4.78, 5) is 14.4. The van der Waals surface area contributed by atoms with E-state index in [1.165, 1.54) is 24.6 Å². The summed E-state index contributed by atoms with van der Waals surface area (Å²) in [5.74, 6) is 1.98. The van der Waals surface area contributed by atoms with E-state index in [1.54, 1.807) is 4.90 Å². The van der Waals surface area contributed by atoms with E-state index in [-0.39, 0.29) is 5.91 Å². The van der Waals surface area contributed by atoms with Crippen molar-refractivity contribution >= 4 is 23.4 Å². The highest BCUT2D eigenvalue weighted by atomic mass is 32.2. The van der Waals surface area contributed by atoms with Crippen LogP contribution in [0.2, 0.25) is 0 Å². The van der Waals surface area contributed by atoms with Crippen molar-refractivity contribution in [2.75, 3.05) is 17.2 Å². The number of hydrogen-bond acceptors (Lipinski definition) is 4. The zero-order valence-corrected chi connectivity index (χ0v) is 14.7. The minimum Gasteiger partial charge on any atom is -0.312 e. The van der Waals surface area contributed by atoms with Gasteiger partial charge < -0.3 is 9.47 Å². The fourth-order valence-electron chi connectivity index (χ4n) is 2.67. The largest absolute Gasteiger partial charge is 0.312 e. The topological polar surface area (TPSA) is 51.0 Å². The van der Waals surface area contributed by atoms with E-state index in [4.69, 9.17) is 0 Å². The van der Waals surface area contributed by atoms with Crippen LogP contribution in [0.4, 0.5) is 5.69 Å². The molecule has 126 valence electrons. The van der Waals surface area contributed by atoms with E-state index in [0.29, 0.717) is 24.8 Å². The number of hydrogen-bond donors (Lipinski definition) is 0. The number of anilines is 1. The second-order valence-electron chi connectivity index (χ2n) is 5.78. The number of allylic oxidation sites excluding steroid dienone is 1. The van der Waals surface area contributed by atoms with Gasteiger partial charge in [-0.15, -0.1) is 16.8 Å². The molecule has 1 aromatic carbocycles. The van der Waals surface area contributed by atoms with Crippen molar-refractivity contribution in [1.29, 1.82) is 0 Å². The Morgan fingerprint density at radius 1 is 1.38 bits per heavy atom. The van der Waals surface area contributed by atoms with Crippen LogP contribution in [0, 0.1) is 0 Å². The maximum absolute atomic E-state index is 12.6. The molecule has 1 aliphatic carbocycles. The number of thioether (sulfide) groups is 1. The zero-order valence-electron chi connectivity index (χ0n) is 13.9. The molecule has 0 unspecified atom stereocenters. The maximum atomic E-state index is 12.6. The van der Waals surface area contributed by atoms with Crippen LogP contribution in [0.1, 0.15) is 31.5 Å². The number of carbonyl (C=O) groups excluding carboxylic acids is 1. The SMILES string of the molecule is C=CCn1c(SCC(=O)N(CC)c2ccccc2)nnc1C1CC1. The van der Waals surface area contributed by atoms with Gasteiger partial charge in [-0.05, 0) is 31.9 Å². The lowest BCUT2D eigenvalue weighted by molar-refractivity contribution is -0.116. The Morgan fingerprint density at radius 2 is 2.12 bits per heavy atom. The summed E-state index contributed by atoms with van der Waals surface area (Å²) in [7, 11) is 0. The van der Waals surface area contributed by atoms with Crippen molar-refractivity contribution < 1.29 is 4.79 Å². The Balaban J connectivity index is 1.68. The maximum Gasteiger partial charge on any atom is 0.237 e. The number of benzene rings is 1. The predicted molar refractivity (Wildman–Crippen MR) is 97.4 cm³/mol. The molecule has 0 atom stereocenters. The Kier molecular flexibility index (Phi) is 5.35. The highest BCUT2D eigenvalue weighted by Gasteiger charge is 2.30. The van der Waals surface area contributed by atoms with E-state index in [9.17, 15) is 4.79 Å². The summed E-state index contributed by atoms with van der Waals surface area (Å²) < 4.78 is 2.08. The summed E-state index contributed by atoms with van der Waals surface area (Å²) in [6.07, 6.45) is 4.20. The Hall–Kier alpha value is -2.08. The number of para-hydroxylation sites is 1. The average molecular weight is 342 g/mol. The number of rotatable bonds is 8. The first-order valence-electron chi connectivity index (χ1n) is 8.26. The Bertz CT molecular complexity index is 709.